The van der Waals surface area contributed by atoms with Crippen LogP contribution in [0.25, 0.3) is 22.2 Å². The summed E-state index contributed by atoms with van der Waals surface area (Å²) >= 11 is 0. The van der Waals surface area contributed by atoms with E-state index in [2.05, 4.69) is 48.1 Å². The van der Waals surface area contributed by atoms with Crippen LogP contribution in [0.4, 0.5) is 5.69 Å². The highest BCUT2D eigenvalue weighted by atomic mass is 32.2. The molecule has 0 spiro atoms. The minimum atomic E-state index is -2.82. The lowest BCUT2D eigenvalue weighted by molar-refractivity contribution is -0.150. The van der Waals surface area contributed by atoms with Gasteiger partial charge in [0, 0.05) is 87.8 Å². The molecule has 17 nitrogen and oxygen atoms in total. The molecular weight excluding hydrogens is 841 g/mol. The SMILES string of the molecule is C=CC(=O)N1CC[C@H](C(=O)N(C)[C@H](C(=O)NC(OC)N(CC[SH](=O)=O)c2ccc3c(c2)c(CC(C)(C)COC(=O)[C@@H]2CCCNN2)c(-c2cccnc2[C@H](C)OC)n3CC)C(C)C)C1. The van der Waals surface area contributed by atoms with Crippen molar-refractivity contribution >= 4 is 51.0 Å². The number of hydrogen-bond acceptors (Lipinski definition) is 13. The molecule has 1 unspecified atom stereocenters. The van der Waals surface area contributed by atoms with E-state index in [1.165, 1.54) is 18.1 Å². The Hall–Kier alpha value is -4.88. The molecule has 2 aromatic heterocycles. The third-order valence-electron chi connectivity index (χ3n) is 12.2. The van der Waals surface area contributed by atoms with Crippen molar-refractivity contribution in [3.8, 4) is 11.3 Å². The Bertz CT molecular complexity index is 2210. The topological polar surface area (TPSA) is 194 Å². The Morgan fingerprint density at radius 1 is 1.11 bits per heavy atom. The molecule has 64 heavy (non-hydrogen) atoms. The highest BCUT2D eigenvalue weighted by molar-refractivity contribution is 7.72. The number of methoxy groups -OCH3 is 2. The van der Waals surface area contributed by atoms with Gasteiger partial charge in [-0.05, 0) is 87.4 Å². The van der Waals surface area contributed by atoms with Crippen LogP contribution in [0.3, 0.4) is 0 Å². The highest BCUT2D eigenvalue weighted by Crippen LogP contribution is 2.42. The average Bonchev–Trinajstić information content (AvgIpc) is 3.90. The van der Waals surface area contributed by atoms with E-state index in [4.69, 9.17) is 19.2 Å². The monoisotopic (exact) mass is 908 g/mol. The quantitative estimate of drug-likeness (QED) is 0.0523. The number of amides is 3. The molecule has 2 fully saturated rings. The molecule has 5 rings (SSSR count). The molecule has 0 bridgehead atoms. The summed E-state index contributed by atoms with van der Waals surface area (Å²) in [5.74, 6) is -2.33. The van der Waals surface area contributed by atoms with Crippen molar-refractivity contribution in [1.82, 2.24) is 35.5 Å². The molecule has 3 amide bonds. The van der Waals surface area contributed by atoms with Gasteiger partial charge in [0.1, 0.15) is 22.8 Å². The van der Waals surface area contributed by atoms with Gasteiger partial charge in [-0.3, -0.25) is 29.6 Å². The third-order valence-corrected chi connectivity index (χ3v) is 12.8. The summed E-state index contributed by atoms with van der Waals surface area (Å²) in [6.07, 6.45) is 3.98. The van der Waals surface area contributed by atoms with Gasteiger partial charge in [-0.25, -0.2) is 13.8 Å². The molecule has 18 heteroatoms. The van der Waals surface area contributed by atoms with Crippen molar-refractivity contribution in [2.75, 3.05) is 64.7 Å². The number of carbonyl (C=O) groups is 4. The third kappa shape index (κ3) is 11.7. The predicted molar refractivity (Wildman–Crippen MR) is 247 cm³/mol. The number of carbonyl (C=O) groups excluding carboxylic acids is 4. The first-order valence-electron chi connectivity index (χ1n) is 22.1. The first kappa shape index (κ1) is 50.1. The van der Waals surface area contributed by atoms with Crippen LogP contribution in [0, 0.1) is 17.3 Å². The van der Waals surface area contributed by atoms with Crippen molar-refractivity contribution in [1.29, 1.82) is 0 Å². The summed E-state index contributed by atoms with van der Waals surface area (Å²) in [5.41, 5.74) is 10.5. The van der Waals surface area contributed by atoms with Gasteiger partial charge >= 0.3 is 5.97 Å². The van der Waals surface area contributed by atoms with E-state index in [0.717, 1.165) is 46.4 Å². The number of hydrogen-bond donors (Lipinski definition) is 4. The van der Waals surface area contributed by atoms with Crippen molar-refractivity contribution in [2.45, 2.75) is 98.3 Å². The van der Waals surface area contributed by atoms with Gasteiger partial charge in [-0.15, -0.1) is 0 Å². The number of aryl methyl sites for hydroxylation is 1. The van der Waals surface area contributed by atoms with E-state index in [1.54, 1.807) is 30.2 Å². The van der Waals surface area contributed by atoms with E-state index in [9.17, 15) is 27.6 Å². The summed E-state index contributed by atoms with van der Waals surface area (Å²) < 4.78 is 44.3. The molecule has 352 valence electrons. The van der Waals surface area contributed by atoms with Crippen molar-refractivity contribution in [2.24, 2.45) is 17.3 Å². The summed E-state index contributed by atoms with van der Waals surface area (Å²) in [7, 11) is 1.84. The van der Waals surface area contributed by atoms with Crippen molar-refractivity contribution in [3.63, 3.8) is 0 Å². The molecule has 1 aromatic carbocycles. The number of nitrogens with one attached hydrogen (secondary N) is 3. The number of anilines is 1. The predicted octanol–water partition coefficient (Wildman–Crippen LogP) is 3.78. The Morgan fingerprint density at radius 3 is 2.48 bits per heavy atom. The van der Waals surface area contributed by atoms with E-state index < -0.39 is 46.4 Å². The molecule has 3 N–H and O–H groups in total. The fourth-order valence-electron chi connectivity index (χ4n) is 8.88. The van der Waals surface area contributed by atoms with Crippen LogP contribution < -0.4 is 21.1 Å². The summed E-state index contributed by atoms with van der Waals surface area (Å²) in [4.78, 5) is 63.0. The summed E-state index contributed by atoms with van der Waals surface area (Å²) in [6, 6.07) is 8.42. The largest absolute Gasteiger partial charge is 0.464 e. The number of fused-ring (bicyclic) bond motifs is 1. The fraction of sp³-hybridized carbons (Fsp3) is 0.587. The normalized spacial score (nSPS) is 18.2. The second kappa shape index (κ2) is 22.3. The molecule has 3 aromatic rings. The first-order valence-corrected chi connectivity index (χ1v) is 23.5. The van der Waals surface area contributed by atoms with Gasteiger partial charge in [-0.1, -0.05) is 34.3 Å². The summed E-state index contributed by atoms with van der Waals surface area (Å²) in [6.45, 7) is 17.5. The summed E-state index contributed by atoms with van der Waals surface area (Å²) in [5, 5.41) is 3.85. The standard InChI is InChI=1S/C46H68N8O9S/c1-11-38(55)52-22-19-31(27-52)43(57)51(8)40(29(3)4)42(56)49-45(62-10)54(23-24-64(59)60)32-17-18-37-34(25-32)35(26-46(6,7)28-63-44(58)36-16-14-21-48-50-36)41(53(37)12-2)33-15-13-20-47-39(33)30(5)61-9/h11,13,15,17-18,20,25,29-31,36,40,45,48,50,64H,1,12,14,16,19,21-24,26-28H2,2-10H3,(H,49,56)/t30-,31-,36-,40-,45?/m0/s1. The Kier molecular flexibility index (Phi) is 17.5. The lowest BCUT2D eigenvalue weighted by Gasteiger charge is -2.36. The van der Waals surface area contributed by atoms with Crippen LogP contribution in [-0.2, 0) is 57.1 Å². The van der Waals surface area contributed by atoms with Crippen LogP contribution in [-0.4, -0.2) is 130 Å². The molecule has 2 saturated heterocycles. The van der Waals surface area contributed by atoms with Gasteiger partial charge in [0.05, 0.1) is 35.8 Å². The number of rotatable bonds is 21. The lowest BCUT2D eigenvalue weighted by Crippen LogP contribution is -2.58. The van der Waals surface area contributed by atoms with Crippen LogP contribution in [0.5, 0.6) is 0 Å². The average molecular weight is 909 g/mol. The number of benzene rings is 1. The smallest absolute Gasteiger partial charge is 0.324 e. The van der Waals surface area contributed by atoms with Gasteiger partial charge in [0.15, 0.2) is 0 Å². The maximum Gasteiger partial charge on any atom is 0.324 e. The zero-order valence-electron chi connectivity index (χ0n) is 38.8. The van der Waals surface area contributed by atoms with E-state index >= 15 is 0 Å². The number of ether oxygens (including phenoxy) is 3. The van der Waals surface area contributed by atoms with E-state index in [0.29, 0.717) is 38.0 Å². The van der Waals surface area contributed by atoms with Gasteiger partial charge in [0.25, 0.3) is 0 Å². The van der Waals surface area contributed by atoms with Gasteiger partial charge in [0.2, 0.25) is 24.1 Å². The number of pyridine rings is 1. The van der Waals surface area contributed by atoms with Crippen molar-refractivity contribution in [3.05, 3.63) is 60.4 Å². The zero-order valence-corrected chi connectivity index (χ0v) is 39.7. The Labute approximate surface area is 379 Å². The van der Waals surface area contributed by atoms with Gasteiger partial charge in [-0.2, -0.15) is 0 Å². The van der Waals surface area contributed by atoms with E-state index in [-0.39, 0.29) is 55.3 Å². The number of esters is 1. The zero-order chi connectivity index (χ0) is 46.9. The number of thiol groups is 1. The number of aromatic nitrogens is 2. The number of hydrazine groups is 1. The van der Waals surface area contributed by atoms with Crippen LogP contribution in [0.2, 0.25) is 0 Å². The van der Waals surface area contributed by atoms with E-state index in [1.807, 2.05) is 51.1 Å². The minimum absolute atomic E-state index is 0.0281. The molecule has 2 aliphatic rings. The minimum Gasteiger partial charge on any atom is -0.464 e. The van der Waals surface area contributed by atoms with Crippen LogP contribution in [0.1, 0.15) is 78.2 Å². The lowest BCUT2D eigenvalue weighted by atomic mass is 9.84. The molecule has 2 aliphatic heterocycles. The number of likely N-dealkylation sites (tertiary alicyclic amines) is 1. The molecule has 0 saturated carbocycles. The van der Waals surface area contributed by atoms with Crippen LogP contribution in [0.15, 0.2) is 49.2 Å². The molecule has 0 aliphatic carbocycles. The number of nitrogens with zero attached hydrogens (tertiary/aromatic N) is 5. The molecular formula is C46H68N8O9S. The second-order valence-electron chi connectivity index (χ2n) is 17.8. The molecule has 5 atom stereocenters. The Morgan fingerprint density at radius 2 is 1.86 bits per heavy atom. The molecule has 0 radical (unpaired) electrons. The van der Waals surface area contributed by atoms with Gasteiger partial charge < -0.3 is 38.8 Å². The highest BCUT2D eigenvalue weighted by Gasteiger charge is 2.39. The maximum absolute atomic E-state index is 14.3. The molecule has 4 heterocycles. The van der Waals surface area contributed by atoms with Crippen molar-refractivity contribution < 1.29 is 41.8 Å². The number of likely N-dealkylation sites (N-methyl/N-ethyl adjacent to an activating group) is 1. The van der Waals surface area contributed by atoms with Crippen LogP contribution >= 0.6 is 0 Å². The fourth-order valence-corrected chi connectivity index (χ4v) is 9.26. The Balaban J connectivity index is 1.56. The first-order chi connectivity index (χ1) is 30.5. The second-order valence-corrected chi connectivity index (χ2v) is 18.9. The maximum atomic E-state index is 14.3.